The van der Waals surface area contributed by atoms with Crippen LogP contribution >= 0.6 is 0 Å². The summed E-state index contributed by atoms with van der Waals surface area (Å²) in [4.78, 5) is 8.16. The Labute approximate surface area is 102 Å². The molecule has 1 fully saturated rings. The first-order chi connectivity index (χ1) is 8.40. The SMILES string of the molecule is N#CCNCC1CCC(c2cncnc2)CC1. The Balaban J connectivity index is 1.77. The third kappa shape index (κ3) is 3.50. The van der Waals surface area contributed by atoms with E-state index in [2.05, 4.69) is 21.4 Å². The van der Waals surface area contributed by atoms with Gasteiger partial charge in [-0.25, -0.2) is 9.97 Å². The number of nitrogens with one attached hydrogen (secondary N) is 1. The minimum Gasteiger partial charge on any atom is -0.304 e. The summed E-state index contributed by atoms with van der Waals surface area (Å²) in [5.74, 6) is 1.35. The first-order valence-electron chi connectivity index (χ1n) is 6.22. The molecule has 17 heavy (non-hydrogen) atoms. The van der Waals surface area contributed by atoms with Crippen LogP contribution in [0.15, 0.2) is 18.7 Å². The highest BCUT2D eigenvalue weighted by molar-refractivity contribution is 5.10. The van der Waals surface area contributed by atoms with Crippen LogP contribution in [0.3, 0.4) is 0 Å². The first-order valence-corrected chi connectivity index (χ1v) is 6.22. The molecule has 0 aromatic carbocycles. The molecule has 4 nitrogen and oxygen atoms in total. The minimum absolute atomic E-state index is 0.465. The Kier molecular flexibility index (Phi) is 4.45. The van der Waals surface area contributed by atoms with Gasteiger partial charge >= 0.3 is 0 Å². The third-order valence-corrected chi connectivity index (χ3v) is 3.54. The molecular formula is C13H18N4. The highest BCUT2D eigenvalue weighted by Crippen LogP contribution is 2.34. The van der Waals surface area contributed by atoms with Crippen molar-refractivity contribution in [1.29, 1.82) is 5.26 Å². The summed E-state index contributed by atoms with van der Waals surface area (Å²) in [7, 11) is 0. The van der Waals surface area contributed by atoms with Crippen LogP contribution in [-0.4, -0.2) is 23.1 Å². The Bertz CT molecular complexity index is 363. The van der Waals surface area contributed by atoms with Crippen molar-refractivity contribution in [2.75, 3.05) is 13.1 Å². The van der Waals surface area contributed by atoms with Crippen molar-refractivity contribution in [3.8, 4) is 6.07 Å². The molecule has 0 radical (unpaired) electrons. The molecule has 1 N–H and O–H groups in total. The van der Waals surface area contributed by atoms with Gasteiger partial charge in [-0.05, 0) is 49.6 Å². The van der Waals surface area contributed by atoms with Gasteiger partial charge in [-0.3, -0.25) is 0 Å². The second-order valence-corrected chi connectivity index (χ2v) is 4.68. The molecule has 1 aliphatic rings. The van der Waals surface area contributed by atoms with E-state index in [9.17, 15) is 0 Å². The number of hydrogen-bond donors (Lipinski definition) is 1. The first kappa shape index (κ1) is 12.0. The molecule has 0 bridgehead atoms. The van der Waals surface area contributed by atoms with Crippen molar-refractivity contribution < 1.29 is 0 Å². The van der Waals surface area contributed by atoms with Gasteiger partial charge in [-0.1, -0.05) is 0 Å². The van der Waals surface area contributed by atoms with E-state index >= 15 is 0 Å². The van der Waals surface area contributed by atoms with Crippen LogP contribution in [0.25, 0.3) is 0 Å². The highest BCUT2D eigenvalue weighted by Gasteiger charge is 2.22. The van der Waals surface area contributed by atoms with Crippen molar-refractivity contribution in [2.24, 2.45) is 5.92 Å². The van der Waals surface area contributed by atoms with Gasteiger partial charge in [0.15, 0.2) is 0 Å². The van der Waals surface area contributed by atoms with Crippen molar-refractivity contribution in [3.05, 3.63) is 24.3 Å². The number of hydrogen-bond acceptors (Lipinski definition) is 4. The maximum atomic E-state index is 8.46. The van der Waals surface area contributed by atoms with Crippen LogP contribution in [0.4, 0.5) is 0 Å². The Hall–Kier alpha value is -1.47. The van der Waals surface area contributed by atoms with Crippen molar-refractivity contribution in [1.82, 2.24) is 15.3 Å². The molecule has 2 rings (SSSR count). The van der Waals surface area contributed by atoms with E-state index in [4.69, 9.17) is 5.26 Å². The van der Waals surface area contributed by atoms with Gasteiger partial charge in [-0.15, -0.1) is 0 Å². The van der Waals surface area contributed by atoms with Crippen LogP contribution in [0.1, 0.15) is 37.2 Å². The summed E-state index contributed by atoms with van der Waals surface area (Å²) >= 11 is 0. The van der Waals surface area contributed by atoms with Crippen molar-refractivity contribution in [3.63, 3.8) is 0 Å². The normalized spacial score (nSPS) is 24.2. The molecule has 90 valence electrons. The largest absolute Gasteiger partial charge is 0.304 e. The van der Waals surface area contributed by atoms with Crippen LogP contribution in [0.2, 0.25) is 0 Å². The van der Waals surface area contributed by atoms with Gasteiger partial charge < -0.3 is 5.32 Å². The van der Waals surface area contributed by atoms with Gasteiger partial charge in [0.2, 0.25) is 0 Å². The van der Waals surface area contributed by atoms with Crippen LogP contribution in [-0.2, 0) is 0 Å². The summed E-state index contributed by atoms with van der Waals surface area (Å²) in [5, 5.41) is 11.6. The van der Waals surface area contributed by atoms with Crippen LogP contribution < -0.4 is 5.32 Å². The Morgan fingerprint density at radius 1 is 1.24 bits per heavy atom. The zero-order chi connectivity index (χ0) is 11.9. The zero-order valence-corrected chi connectivity index (χ0v) is 9.97. The molecule has 1 aromatic heterocycles. The molecule has 0 spiro atoms. The predicted molar refractivity (Wildman–Crippen MR) is 65.2 cm³/mol. The van der Waals surface area contributed by atoms with Gasteiger partial charge in [0, 0.05) is 12.4 Å². The molecule has 1 aliphatic carbocycles. The van der Waals surface area contributed by atoms with E-state index in [-0.39, 0.29) is 0 Å². The summed E-state index contributed by atoms with van der Waals surface area (Å²) in [6.07, 6.45) is 10.4. The fourth-order valence-corrected chi connectivity index (χ4v) is 2.55. The van der Waals surface area contributed by atoms with Gasteiger partial charge in [0.05, 0.1) is 12.6 Å². The molecule has 4 heteroatoms. The molecule has 1 saturated carbocycles. The van der Waals surface area contributed by atoms with E-state index in [1.54, 1.807) is 6.33 Å². The van der Waals surface area contributed by atoms with E-state index in [0.717, 1.165) is 12.5 Å². The summed E-state index contributed by atoms with van der Waals surface area (Å²) in [6, 6.07) is 2.11. The molecular weight excluding hydrogens is 212 g/mol. The summed E-state index contributed by atoms with van der Waals surface area (Å²) in [6.45, 7) is 1.44. The second-order valence-electron chi connectivity index (χ2n) is 4.68. The average Bonchev–Trinajstić information content (AvgIpc) is 2.41. The predicted octanol–water partition coefficient (Wildman–Crippen LogP) is 1.86. The lowest BCUT2D eigenvalue weighted by molar-refractivity contribution is 0.317. The minimum atomic E-state index is 0.465. The van der Waals surface area contributed by atoms with Gasteiger partial charge in [0.25, 0.3) is 0 Å². The standard InChI is InChI=1S/C13H18N4/c14-5-6-15-7-11-1-3-12(4-2-11)13-8-16-10-17-9-13/h8-12,15H,1-4,6-7H2. The fourth-order valence-electron chi connectivity index (χ4n) is 2.55. The third-order valence-electron chi connectivity index (χ3n) is 3.54. The monoisotopic (exact) mass is 230 g/mol. The Morgan fingerprint density at radius 3 is 2.59 bits per heavy atom. The van der Waals surface area contributed by atoms with E-state index in [1.807, 2.05) is 12.4 Å². The molecule has 0 amide bonds. The molecule has 0 aliphatic heterocycles. The summed E-state index contributed by atoms with van der Waals surface area (Å²) < 4.78 is 0. The van der Waals surface area contributed by atoms with Gasteiger partial charge in [0.1, 0.15) is 6.33 Å². The number of nitrogens with zero attached hydrogens (tertiary/aromatic N) is 3. The lowest BCUT2D eigenvalue weighted by atomic mass is 9.79. The van der Waals surface area contributed by atoms with Crippen LogP contribution in [0, 0.1) is 17.2 Å². The molecule has 1 aromatic rings. The Morgan fingerprint density at radius 2 is 1.94 bits per heavy atom. The number of rotatable bonds is 4. The molecule has 1 heterocycles. The smallest absolute Gasteiger partial charge is 0.115 e. The number of nitriles is 1. The van der Waals surface area contributed by atoms with Crippen molar-refractivity contribution >= 4 is 0 Å². The molecule has 0 saturated heterocycles. The average molecular weight is 230 g/mol. The number of aromatic nitrogens is 2. The molecule has 0 atom stereocenters. The van der Waals surface area contributed by atoms with E-state index < -0.39 is 0 Å². The highest BCUT2D eigenvalue weighted by atomic mass is 14.9. The quantitative estimate of drug-likeness (QED) is 0.633. The second kappa shape index (κ2) is 6.31. The topological polar surface area (TPSA) is 61.6 Å². The lowest BCUT2D eigenvalue weighted by Gasteiger charge is -2.28. The zero-order valence-electron chi connectivity index (χ0n) is 9.97. The van der Waals surface area contributed by atoms with E-state index in [0.29, 0.717) is 12.5 Å². The lowest BCUT2D eigenvalue weighted by Crippen LogP contribution is -2.26. The molecule has 0 unspecified atom stereocenters. The fraction of sp³-hybridized carbons (Fsp3) is 0.615. The summed E-state index contributed by atoms with van der Waals surface area (Å²) in [5.41, 5.74) is 1.27. The van der Waals surface area contributed by atoms with Crippen LogP contribution in [0.5, 0.6) is 0 Å². The maximum absolute atomic E-state index is 8.46. The maximum Gasteiger partial charge on any atom is 0.115 e. The van der Waals surface area contributed by atoms with Crippen molar-refractivity contribution in [2.45, 2.75) is 31.6 Å². The van der Waals surface area contributed by atoms with E-state index in [1.165, 1.54) is 31.2 Å². The van der Waals surface area contributed by atoms with Gasteiger partial charge in [-0.2, -0.15) is 5.26 Å².